The molecule has 6 heterocycles. The second-order valence-electron chi connectivity index (χ2n) is 14.7. The van der Waals surface area contributed by atoms with Crippen molar-refractivity contribution in [2.45, 2.75) is 13.1 Å². The van der Waals surface area contributed by atoms with Crippen molar-refractivity contribution >= 4 is 57.9 Å². The zero-order chi connectivity index (χ0) is 41.8. The average Bonchev–Trinajstić information content (AvgIpc) is 3.77. The first-order chi connectivity index (χ1) is 30.6. The lowest BCUT2D eigenvalue weighted by molar-refractivity contribution is -0.124. The van der Waals surface area contributed by atoms with E-state index in [1.165, 1.54) is 0 Å². The highest BCUT2D eigenvalue weighted by Crippen LogP contribution is 2.48. The molecule has 0 saturated heterocycles. The number of aromatic nitrogens is 4. The van der Waals surface area contributed by atoms with E-state index in [-0.39, 0.29) is 24.9 Å². The summed E-state index contributed by atoms with van der Waals surface area (Å²) < 4.78 is 0. The Bertz CT molecular complexity index is 2630. The quantitative estimate of drug-likeness (QED) is 0.120. The van der Waals surface area contributed by atoms with Crippen molar-refractivity contribution in [3.8, 4) is 0 Å². The monoisotopic (exact) mass is 806 g/mol. The van der Waals surface area contributed by atoms with Crippen LogP contribution in [-0.4, -0.2) is 41.6 Å². The number of rotatable bonds is 12. The highest BCUT2D eigenvalue weighted by atomic mass is 16.2. The van der Waals surface area contributed by atoms with Gasteiger partial charge in [-0.2, -0.15) is 0 Å². The van der Waals surface area contributed by atoms with Gasteiger partial charge in [0.1, 0.15) is 23.3 Å². The fraction of sp³-hybridized carbons (Fsp3) is 0.0385. The second kappa shape index (κ2) is 16.6. The summed E-state index contributed by atoms with van der Waals surface area (Å²) in [7, 11) is 0. The second-order valence-corrected chi connectivity index (χ2v) is 14.7. The van der Waals surface area contributed by atoms with Crippen molar-refractivity contribution in [3.63, 3.8) is 0 Å². The number of fused-ring (bicyclic) bond motifs is 1. The number of carbonyl (C=O) groups is 2. The standard InChI is InChI=1S/C52H38N8O2/c61-51-48-47(49(57(51)35-37-15-3-1-4-16-37)39-23-27-41(28-24-39)59(43-19-7-11-31-53-43)44-20-8-12-32-54-44)52(62)58(36-38-17-5-2-6-18-38)50(48)40-25-29-42(30-26-40)60(45-21-9-13-33-55-45)46-22-10-14-34-56-46/h1-34H,35-36H2. The molecule has 4 aromatic carbocycles. The molecule has 2 amide bonds. The molecule has 0 fully saturated rings. The molecule has 10 rings (SSSR count). The first kappa shape index (κ1) is 37.7. The molecule has 10 heteroatoms. The predicted molar refractivity (Wildman–Crippen MR) is 241 cm³/mol. The van der Waals surface area contributed by atoms with E-state index < -0.39 is 0 Å². The minimum Gasteiger partial charge on any atom is -0.302 e. The Hall–Kier alpha value is -8.50. The molecular weight excluding hydrogens is 769 g/mol. The zero-order valence-corrected chi connectivity index (χ0v) is 33.4. The van der Waals surface area contributed by atoms with E-state index in [0.717, 1.165) is 33.6 Å². The third kappa shape index (κ3) is 7.15. The lowest BCUT2D eigenvalue weighted by Gasteiger charge is -2.27. The number of benzene rings is 4. The molecule has 0 N–H and O–H groups in total. The van der Waals surface area contributed by atoms with Crippen LogP contribution in [-0.2, 0) is 22.7 Å². The van der Waals surface area contributed by atoms with Gasteiger partial charge in [0, 0.05) is 36.2 Å². The van der Waals surface area contributed by atoms with Gasteiger partial charge < -0.3 is 9.80 Å². The van der Waals surface area contributed by atoms with Gasteiger partial charge in [-0.05, 0) is 95.1 Å². The summed E-state index contributed by atoms with van der Waals surface area (Å²) in [5, 5.41) is 0. The van der Waals surface area contributed by atoms with Gasteiger partial charge in [0.2, 0.25) is 0 Å². The van der Waals surface area contributed by atoms with Gasteiger partial charge in [0.15, 0.2) is 0 Å². The maximum atomic E-state index is 15.2. The molecule has 2 aliphatic rings. The first-order valence-corrected chi connectivity index (χ1v) is 20.3. The summed E-state index contributed by atoms with van der Waals surface area (Å²) in [6.07, 6.45) is 7.00. The Morgan fingerprint density at radius 3 is 0.952 bits per heavy atom. The van der Waals surface area contributed by atoms with E-state index in [9.17, 15) is 0 Å². The summed E-state index contributed by atoms with van der Waals surface area (Å²) in [6.45, 7) is 0.554. The van der Waals surface area contributed by atoms with Crippen LogP contribution in [0.1, 0.15) is 22.3 Å². The maximum Gasteiger partial charge on any atom is 0.261 e. The Morgan fingerprint density at radius 1 is 0.355 bits per heavy atom. The average molecular weight is 807 g/mol. The SMILES string of the molecule is O=C1C2=C(c3ccc(N(c4ccccn4)c4ccccn4)cc3)N(Cc3ccccc3)C(=O)C2=C(c2ccc(N(c3ccccn3)c3ccccn3)cc2)N1Cc1ccccc1. The molecule has 4 aromatic heterocycles. The predicted octanol–water partition coefficient (Wildman–Crippen LogP) is 10.4. The largest absolute Gasteiger partial charge is 0.302 e. The number of anilines is 6. The van der Waals surface area contributed by atoms with Gasteiger partial charge in [-0.15, -0.1) is 0 Å². The van der Waals surface area contributed by atoms with Crippen LogP contribution >= 0.6 is 0 Å². The molecule has 2 aliphatic heterocycles. The minimum atomic E-state index is -0.238. The van der Waals surface area contributed by atoms with Crippen molar-refractivity contribution < 1.29 is 9.59 Å². The van der Waals surface area contributed by atoms with E-state index in [1.807, 2.05) is 192 Å². The van der Waals surface area contributed by atoms with Gasteiger partial charge >= 0.3 is 0 Å². The zero-order valence-electron chi connectivity index (χ0n) is 33.4. The molecule has 0 saturated carbocycles. The van der Waals surface area contributed by atoms with E-state index in [2.05, 4.69) is 19.9 Å². The van der Waals surface area contributed by atoms with Crippen LogP contribution in [0.2, 0.25) is 0 Å². The summed E-state index contributed by atoms with van der Waals surface area (Å²) in [5.41, 5.74) is 6.87. The summed E-state index contributed by atoms with van der Waals surface area (Å²) in [5.74, 6) is 2.34. The number of pyridine rings is 4. The van der Waals surface area contributed by atoms with Crippen molar-refractivity contribution in [1.29, 1.82) is 0 Å². The van der Waals surface area contributed by atoms with E-state index in [1.54, 1.807) is 34.6 Å². The van der Waals surface area contributed by atoms with E-state index >= 15 is 9.59 Å². The topological polar surface area (TPSA) is 98.7 Å². The number of nitrogens with zero attached hydrogens (tertiary/aromatic N) is 8. The van der Waals surface area contributed by atoms with Crippen LogP contribution in [0.25, 0.3) is 11.4 Å². The first-order valence-electron chi connectivity index (χ1n) is 20.3. The van der Waals surface area contributed by atoms with Crippen molar-refractivity contribution in [1.82, 2.24) is 29.7 Å². The molecule has 0 bridgehead atoms. The molecule has 62 heavy (non-hydrogen) atoms. The molecule has 0 radical (unpaired) electrons. The van der Waals surface area contributed by atoms with Gasteiger partial charge in [-0.3, -0.25) is 19.4 Å². The number of hydrogen-bond acceptors (Lipinski definition) is 8. The van der Waals surface area contributed by atoms with E-state index in [4.69, 9.17) is 0 Å². The fourth-order valence-corrected chi connectivity index (χ4v) is 8.07. The lowest BCUT2D eigenvalue weighted by atomic mass is 10.0. The summed E-state index contributed by atoms with van der Waals surface area (Å²) >= 11 is 0. The third-order valence-electron chi connectivity index (χ3n) is 10.9. The normalized spacial score (nSPS) is 13.5. The van der Waals surface area contributed by atoms with E-state index in [0.29, 0.717) is 45.8 Å². The Morgan fingerprint density at radius 2 is 0.661 bits per heavy atom. The molecule has 0 aliphatic carbocycles. The van der Waals surface area contributed by atoms with Crippen molar-refractivity contribution in [3.05, 3.63) is 240 Å². The molecular formula is C52H38N8O2. The molecule has 0 atom stereocenters. The maximum absolute atomic E-state index is 15.2. The smallest absolute Gasteiger partial charge is 0.261 e. The molecule has 0 unspecified atom stereocenters. The number of amides is 2. The van der Waals surface area contributed by atoms with Crippen LogP contribution < -0.4 is 9.80 Å². The molecule has 0 spiro atoms. The minimum absolute atomic E-state index is 0.238. The van der Waals surface area contributed by atoms with Gasteiger partial charge in [-0.1, -0.05) is 109 Å². The van der Waals surface area contributed by atoms with Gasteiger partial charge in [-0.25, -0.2) is 19.9 Å². The third-order valence-corrected chi connectivity index (χ3v) is 10.9. The summed E-state index contributed by atoms with van der Waals surface area (Å²) in [6, 6.07) is 58.5. The van der Waals surface area contributed by atoms with Crippen LogP contribution in [0, 0.1) is 0 Å². The highest BCUT2D eigenvalue weighted by molar-refractivity contribution is 6.30. The van der Waals surface area contributed by atoms with Crippen molar-refractivity contribution in [2.24, 2.45) is 0 Å². The van der Waals surface area contributed by atoms with Crippen LogP contribution in [0.4, 0.5) is 34.6 Å². The van der Waals surface area contributed by atoms with Crippen molar-refractivity contribution in [2.75, 3.05) is 9.80 Å². The Kier molecular flexibility index (Phi) is 10.1. The van der Waals surface area contributed by atoms with Gasteiger partial charge in [0.25, 0.3) is 11.8 Å². The van der Waals surface area contributed by atoms with Crippen LogP contribution in [0.15, 0.2) is 218 Å². The van der Waals surface area contributed by atoms with Crippen LogP contribution in [0.5, 0.6) is 0 Å². The Labute approximate surface area is 359 Å². The fourth-order valence-electron chi connectivity index (χ4n) is 8.07. The van der Waals surface area contributed by atoms with Crippen LogP contribution in [0.3, 0.4) is 0 Å². The summed E-state index contributed by atoms with van der Waals surface area (Å²) in [4.78, 5) is 56.4. The Balaban J connectivity index is 1.12. The van der Waals surface area contributed by atoms with Gasteiger partial charge in [0.05, 0.1) is 35.6 Å². The number of hydrogen-bond donors (Lipinski definition) is 0. The highest BCUT2D eigenvalue weighted by Gasteiger charge is 2.49. The molecule has 298 valence electrons. The molecule has 10 nitrogen and oxygen atoms in total. The number of carbonyl (C=O) groups excluding carboxylic acids is 2. The molecule has 8 aromatic rings. The lowest BCUT2D eigenvalue weighted by Crippen LogP contribution is -2.29.